The van der Waals surface area contributed by atoms with Crippen LogP contribution in [-0.2, 0) is 11.3 Å². The lowest BCUT2D eigenvalue weighted by Crippen LogP contribution is -2.50. The van der Waals surface area contributed by atoms with Crippen LogP contribution in [0.15, 0.2) is 47.3 Å². The summed E-state index contributed by atoms with van der Waals surface area (Å²) in [6.45, 7) is 2.38. The van der Waals surface area contributed by atoms with Gasteiger partial charge in [-0.25, -0.2) is 4.79 Å². The molecule has 1 N–H and O–H groups in total. The minimum absolute atomic E-state index is 0.0852. The molecule has 3 heterocycles. The van der Waals surface area contributed by atoms with Crippen molar-refractivity contribution in [2.45, 2.75) is 18.9 Å². The number of hydrogen-bond donors (Lipinski definition) is 1. The van der Waals surface area contributed by atoms with Crippen LogP contribution in [-0.4, -0.2) is 40.7 Å². The predicted octanol–water partition coefficient (Wildman–Crippen LogP) is 2.45. The van der Waals surface area contributed by atoms with Crippen LogP contribution < -0.4 is 10.9 Å². The van der Waals surface area contributed by atoms with Gasteiger partial charge < -0.3 is 19.5 Å². The summed E-state index contributed by atoms with van der Waals surface area (Å²) in [5.74, 6) is 0.368. The van der Waals surface area contributed by atoms with E-state index >= 15 is 0 Å². The van der Waals surface area contributed by atoms with Gasteiger partial charge in [0.2, 0.25) is 0 Å². The lowest BCUT2D eigenvalue weighted by Gasteiger charge is -2.43. The molecule has 0 aliphatic carbocycles. The Morgan fingerprint density at radius 2 is 1.93 bits per heavy atom. The Bertz CT molecular complexity index is 938. The maximum absolute atomic E-state index is 12.1. The van der Waals surface area contributed by atoms with Crippen LogP contribution in [0, 0.1) is 5.92 Å². The number of ether oxygens (including phenoxy) is 1. The Kier molecular flexibility index (Phi) is 4.70. The van der Waals surface area contributed by atoms with Crippen molar-refractivity contribution in [3.63, 3.8) is 0 Å². The van der Waals surface area contributed by atoms with Gasteiger partial charge in [0, 0.05) is 43.0 Å². The number of nitrogens with zero attached hydrogens (tertiary/aromatic N) is 2. The van der Waals surface area contributed by atoms with Crippen molar-refractivity contribution in [2.24, 2.45) is 5.92 Å². The summed E-state index contributed by atoms with van der Waals surface area (Å²) in [5.41, 5.74) is 2.53. The number of carbonyl (C=O) groups is 1. The molecule has 0 spiro atoms. The minimum Gasteiger partial charge on any atom is -0.465 e. The molecule has 2 atom stereocenters. The van der Waals surface area contributed by atoms with Crippen LogP contribution in [0.25, 0.3) is 0 Å². The maximum Gasteiger partial charge on any atom is 0.337 e. The van der Waals surface area contributed by atoms with Crippen LogP contribution in [0.3, 0.4) is 0 Å². The number of rotatable bonds is 2. The monoisotopic (exact) mass is 383 g/mol. The Labute approximate surface area is 162 Å². The number of fused-ring (bicyclic) bond motifs is 4. The number of anilines is 1. The van der Waals surface area contributed by atoms with Crippen LogP contribution in [0.1, 0.15) is 28.4 Å². The number of methoxy groups -OCH3 is 1. The van der Waals surface area contributed by atoms with Gasteiger partial charge in [-0.15, -0.1) is 0 Å². The highest BCUT2D eigenvalue weighted by Crippen LogP contribution is 2.35. The van der Waals surface area contributed by atoms with E-state index in [0.717, 1.165) is 37.4 Å². The Balaban J connectivity index is 1.46. The van der Waals surface area contributed by atoms with E-state index in [1.807, 2.05) is 28.8 Å². The van der Waals surface area contributed by atoms with E-state index in [-0.39, 0.29) is 11.5 Å². The summed E-state index contributed by atoms with van der Waals surface area (Å²) in [4.78, 5) is 25.8. The molecule has 2 aliphatic rings. The molecule has 1 aromatic carbocycles. The minimum atomic E-state index is -0.359. The number of hydrogen-bond acceptors (Lipinski definition) is 4. The molecule has 1 unspecified atom stereocenters. The smallest absolute Gasteiger partial charge is 0.337 e. The van der Waals surface area contributed by atoms with E-state index in [0.29, 0.717) is 22.5 Å². The van der Waals surface area contributed by atoms with Gasteiger partial charge in [-0.1, -0.05) is 6.07 Å². The third-order valence-electron chi connectivity index (χ3n) is 5.32. The average Bonchev–Trinajstić information content (AvgIpc) is 2.68. The molecule has 2 aliphatic heterocycles. The molecule has 1 fully saturated rings. The number of carbonyl (C=O) groups excluding carboxylic acids is 1. The van der Waals surface area contributed by atoms with Crippen LogP contribution in [0.4, 0.5) is 5.69 Å². The summed E-state index contributed by atoms with van der Waals surface area (Å²) in [7, 11) is 1.36. The zero-order chi connectivity index (χ0) is 19.0. The second-order valence-corrected chi connectivity index (χ2v) is 7.49. The fraction of sp³-hybridized carbons (Fsp3) is 0.350. The number of piperidine rings is 1. The Morgan fingerprint density at radius 3 is 2.67 bits per heavy atom. The van der Waals surface area contributed by atoms with E-state index in [2.05, 4.69) is 10.2 Å². The Morgan fingerprint density at radius 1 is 1.15 bits per heavy atom. The van der Waals surface area contributed by atoms with Gasteiger partial charge in [-0.3, -0.25) is 4.79 Å². The second-order valence-electron chi connectivity index (χ2n) is 7.10. The van der Waals surface area contributed by atoms with Crippen molar-refractivity contribution in [3.05, 3.63) is 64.1 Å². The van der Waals surface area contributed by atoms with E-state index < -0.39 is 0 Å². The van der Waals surface area contributed by atoms with Gasteiger partial charge in [0.25, 0.3) is 5.56 Å². The molecule has 1 aromatic heterocycles. The van der Waals surface area contributed by atoms with E-state index in [9.17, 15) is 9.59 Å². The number of benzene rings is 1. The van der Waals surface area contributed by atoms with Gasteiger partial charge in [0.15, 0.2) is 5.11 Å². The average molecular weight is 383 g/mol. The largest absolute Gasteiger partial charge is 0.465 e. The van der Waals surface area contributed by atoms with Gasteiger partial charge >= 0.3 is 5.97 Å². The molecule has 0 radical (unpaired) electrons. The summed E-state index contributed by atoms with van der Waals surface area (Å²) in [5, 5.41) is 3.93. The van der Waals surface area contributed by atoms with Gasteiger partial charge in [0.1, 0.15) is 0 Å². The second kappa shape index (κ2) is 7.15. The van der Waals surface area contributed by atoms with Crippen molar-refractivity contribution >= 4 is 29.0 Å². The number of likely N-dealkylation sites (tertiary alicyclic amines) is 1. The van der Waals surface area contributed by atoms with Crippen molar-refractivity contribution in [3.8, 4) is 0 Å². The molecule has 1 saturated heterocycles. The molecule has 0 amide bonds. The Hall–Kier alpha value is -2.67. The molecule has 0 saturated carbocycles. The van der Waals surface area contributed by atoms with Crippen LogP contribution >= 0.6 is 12.2 Å². The van der Waals surface area contributed by atoms with Crippen molar-refractivity contribution in [1.82, 2.24) is 9.47 Å². The molecule has 2 bridgehead atoms. The maximum atomic E-state index is 12.1. The summed E-state index contributed by atoms with van der Waals surface area (Å²) in [6.07, 6.45) is 1.09. The number of nitrogens with one attached hydrogen (secondary N) is 1. The van der Waals surface area contributed by atoms with Gasteiger partial charge in [-0.05, 0) is 54.9 Å². The molecule has 27 heavy (non-hydrogen) atoms. The van der Waals surface area contributed by atoms with E-state index in [1.165, 1.54) is 7.11 Å². The molecule has 7 heteroatoms. The van der Waals surface area contributed by atoms with Gasteiger partial charge in [0.05, 0.1) is 12.7 Å². The molecule has 2 aromatic rings. The highest BCUT2D eigenvalue weighted by molar-refractivity contribution is 7.80. The summed E-state index contributed by atoms with van der Waals surface area (Å²) in [6, 6.07) is 12.6. The van der Waals surface area contributed by atoms with E-state index in [4.69, 9.17) is 17.0 Å². The van der Waals surface area contributed by atoms with E-state index in [1.54, 1.807) is 18.2 Å². The quantitative estimate of drug-likeness (QED) is 0.635. The topological polar surface area (TPSA) is 63.6 Å². The normalized spacial score (nSPS) is 20.6. The van der Waals surface area contributed by atoms with Crippen molar-refractivity contribution in [1.29, 1.82) is 0 Å². The first-order valence-corrected chi connectivity index (χ1v) is 9.40. The molecule has 4 rings (SSSR count). The fourth-order valence-electron chi connectivity index (χ4n) is 4.07. The number of esters is 1. The fourth-order valence-corrected chi connectivity index (χ4v) is 4.34. The van der Waals surface area contributed by atoms with Crippen molar-refractivity contribution in [2.75, 3.05) is 25.5 Å². The first-order chi connectivity index (χ1) is 13.0. The zero-order valence-corrected chi connectivity index (χ0v) is 15.9. The molecule has 6 nitrogen and oxygen atoms in total. The third kappa shape index (κ3) is 3.47. The third-order valence-corrected chi connectivity index (χ3v) is 5.68. The standard InChI is InChI=1S/C20H21N3O3S/c1-26-19(25)14-5-7-16(8-6-14)21-20(27)22-10-13-9-15(12-22)17-3-2-4-18(24)23(17)11-13/h2-8,13,15H,9-12H2,1H3,(H,21,27)/t13-,15?/m1/s1. The number of thiocarbonyl (C=S) groups is 1. The predicted molar refractivity (Wildman–Crippen MR) is 107 cm³/mol. The first-order valence-electron chi connectivity index (χ1n) is 8.99. The summed E-state index contributed by atoms with van der Waals surface area (Å²) >= 11 is 5.62. The highest BCUT2D eigenvalue weighted by atomic mass is 32.1. The molecular weight excluding hydrogens is 362 g/mol. The zero-order valence-electron chi connectivity index (χ0n) is 15.1. The van der Waals surface area contributed by atoms with Gasteiger partial charge in [-0.2, -0.15) is 0 Å². The van der Waals surface area contributed by atoms with Crippen LogP contribution in [0.2, 0.25) is 0 Å². The van der Waals surface area contributed by atoms with Crippen LogP contribution in [0.5, 0.6) is 0 Å². The lowest BCUT2D eigenvalue weighted by atomic mass is 9.83. The number of pyridine rings is 1. The summed E-state index contributed by atoms with van der Waals surface area (Å²) < 4.78 is 6.63. The first kappa shape index (κ1) is 17.7. The van der Waals surface area contributed by atoms with Crippen molar-refractivity contribution < 1.29 is 9.53 Å². The number of aromatic nitrogens is 1. The SMILES string of the molecule is COC(=O)c1ccc(NC(=S)N2CC3C[C@H](C2)Cn2c3cccc2=O)cc1. The highest BCUT2D eigenvalue weighted by Gasteiger charge is 2.35. The molecular formula is C20H21N3O3S. The lowest BCUT2D eigenvalue weighted by molar-refractivity contribution is 0.0601. The molecule has 140 valence electrons.